The van der Waals surface area contributed by atoms with E-state index in [2.05, 4.69) is 6.92 Å². The van der Waals surface area contributed by atoms with E-state index in [9.17, 15) is 9.59 Å². The number of amides is 4. The summed E-state index contributed by atoms with van der Waals surface area (Å²) in [5, 5.41) is 5.21. The minimum atomic E-state index is -1.54. The Morgan fingerprint density at radius 1 is 0.208 bits per heavy atom. The molecule has 0 saturated carbocycles. The number of fused-ring (bicyclic) bond motifs is 2. The highest BCUT2D eigenvalue weighted by atomic mass is 16.8. The lowest BCUT2D eigenvalue weighted by Gasteiger charge is -2.52. The van der Waals surface area contributed by atoms with Crippen molar-refractivity contribution in [1.29, 1.82) is 0 Å². The van der Waals surface area contributed by atoms with Gasteiger partial charge in [0.1, 0.15) is 171 Å². The number of unbranched alkanes of at least 4 members (excludes halogenated alkanes) is 15. The van der Waals surface area contributed by atoms with E-state index in [0.29, 0.717) is 51.0 Å². The fourth-order valence-corrected chi connectivity index (χ4v) is 23.4. The van der Waals surface area contributed by atoms with Crippen molar-refractivity contribution in [2.75, 3.05) is 195 Å². The van der Waals surface area contributed by atoms with Crippen LogP contribution in [-0.2, 0) is 161 Å². The number of methoxy groups -OCH3 is 20. The lowest BCUT2D eigenvalue weighted by molar-refractivity contribution is -0.402. The molecular formula is C104H154N2O38. The van der Waals surface area contributed by atoms with Gasteiger partial charge in [0.25, 0.3) is 23.6 Å². The third-order valence-electron chi connectivity index (χ3n) is 30.4. The van der Waals surface area contributed by atoms with E-state index in [1.807, 2.05) is 24.3 Å². The van der Waals surface area contributed by atoms with Crippen LogP contribution in [0.3, 0.4) is 0 Å². The average Bonchev–Trinajstić information content (AvgIpc) is 0.689. The highest BCUT2D eigenvalue weighted by Gasteiger charge is 2.63. The smallest absolute Gasteiger partial charge is 0.261 e. The first kappa shape index (κ1) is 112. The predicted octanol–water partition coefficient (Wildman–Crippen LogP) is 9.06. The minimum Gasteiger partial charge on any atom is -0.382 e. The largest absolute Gasteiger partial charge is 0.382 e. The Kier molecular flexibility index (Phi) is 41.4. The van der Waals surface area contributed by atoms with Gasteiger partial charge in [0, 0.05) is 182 Å². The second-order valence-corrected chi connectivity index (χ2v) is 38.5. The SMILES string of the molecule is CCCCCCCCCCCCCCCCCCN1C(=O)c2ccc3c4ccc5c6c(ccc(c7ccc(c2c37)C1=O)c64)C(=O)N(C[C@H]1O[C@@H]2O[C@H]3[C@H](OC)[C@@H](OC)[C@@H](O[C@H]4[C@H](OC)[C@@H](OC)[C@@H](O[C@H]6[C@H](OC)[C@@H](OC)[C@@H](O[C@H]7[C@H](OC)[C@@H](OC)[C@@H](O[C@H]8[C@H](OC)[C@@H](OC)[C@@H](O[C@H]9[C@H](OC)[C@@H](OC)[C@@H](O[C@H]1[C@H](OC)[C@H]2OC)O[C@@H]9COC)O[C@@H]8COC)O[C@@H]7COC)O[C@@H]6COC)O[C@@H]4COC)O[C@@H]3COC)C5=O. The van der Waals surface area contributed by atoms with Gasteiger partial charge in [0.15, 0.2) is 44.0 Å². The number of hydrogen-bond acceptors (Lipinski definition) is 38. The van der Waals surface area contributed by atoms with Crippen molar-refractivity contribution in [2.24, 2.45) is 0 Å². The summed E-state index contributed by atoms with van der Waals surface area (Å²) >= 11 is 0. The second kappa shape index (κ2) is 53.1. The van der Waals surface area contributed by atoms with Crippen LogP contribution in [-0.4, -0.2) is 443 Å². The number of hydrogen-bond donors (Lipinski definition) is 0. The Morgan fingerprint density at radius 3 is 0.583 bits per heavy atom. The molecule has 144 heavy (non-hydrogen) atoms. The van der Waals surface area contributed by atoms with Crippen molar-refractivity contribution >= 4 is 66.7 Å². The average molecular weight is 2040 g/mol. The molecule has 35 atom stereocenters. The second-order valence-electron chi connectivity index (χ2n) is 38.5. The summed E-state index contributed by atoms with van der Waals surface area (Å²) in [4.78, 5) is 64.5. The van der Waals surface area contributed by atoms with Gasteiger partial charge in [-0.2, -0.15) is 0 Å². The Hall–Kier alpha value is -5.68. The van der Waals surface area contributed by atoms with Crippen LogP contribution >= 0.6 is 0 Å². The summed E-state index contributed by atoms with van der Waals surface area (Å²) in [5.41, 5.74) is 1.26. The zero-order chi connectivity index (χ0) is 102. The molecule has 0 aliphatic carbocycles. The van der Waals surface area contributed by atoms with E-state index in [-0.39, 0.29) is 62.6 Å². The zero-order valence-corrected chi connectivity index (χ0v) is 87.2. The Labute approximate surface area is 843 Å². The first-order valence-corrected chi connectivity index (χ1v) is 50.7. The van der Waals surface area contributed by atoms with Gasteiger partial charge in [-0.1, -0.05) is 128 Å². The van der Waals surface area contributed by atoms with Gasteiger partial charge < -0.3 is 161 Å². The van der Waals surface area contributed by atoms with E-state index >= 15 is 9.59 Å². The number of imide groups is 2. The maximum Gasteiger partial charge on any atom is 0.261 e. The fourth-order valence-electron chi connectivity index (χ4n) is 23.4. The maximum absolute atomic E-state index is 16.2. The molecule has 28 rings (SSSR count). The van der Waals surface area contributed by atoms with Crippen LogP contribution in [0, 0.1) is 0 Å². The normalized spacial score (nSPS) is 36.2. The number of nitrogens with zero attached hydrogens (tertiary/aromatic N) is 2. The standard InChI is InChI=1S/C104H154N2O38/c1-22-23-24-25-26-27-28-29-30-31-32-33-34-35-36-37-46-105-94(107)58-42-38-54-56-40-44-60-72-61(45-41-57(70(56)72)55-39-43-59(95(105)108)71(58)69(54)55)97(110)106(96(60)109)47-62-73-80(117-8)87(124-15)98(131-62)139-74-63(48-111-2)133-100(89(126-17)81(74)118-9)141-76-65(50-113-4)135-102(91(128-19)83(76)120-11)143-78-67(52-115-6)137-104(93(130-21)85(78)122-13)144-79-68(53-116-7)136-103(92(129-20)86(79)123-14)142-77-66(51-114-5)134-101(90(127-18)84(77)121-12)140-75-64(49-112-3)132-99(138-73)88(125-16)82(75)119-10/h38-45,62-68,73-93,98-104H,22-37,46-53H2,1-21H3/t62-,63-,64-,65-,66-,67-,68-,73-,74-,75-,76-,77-,78-,79-,80+,81+,82+,83+,84+,85+,86+,87-,88-,89-,90-,91-,92-,93-,98-,99-,100-,101-,102-,103-,104-/m1/s1. The number of carbonyl (C=O) groups excluding carboxylic acids is 4. The van der Waals surface area contributed by atoms with Gasteiger partial charge in [-0.3, -0.25) is 29.0 Å². The van der Waals surface area contributed by atoms with E-state index < -0.39 is 233 Å². The molecule has 23 aliphatic heterocycles. The molecule has 0 unspecified atom stereocenters. The third kappa shape index (κ3) is 22.9. The van der Waals surface area contributed by atoms with Crippen LogP contribution < -0.4 is 0 Å². The third-order valence-corrected chi connectivity index (χ3v) is 30.4. The number of carbonyl (C=O) groups is 4. The van der Waals surface area contributed by atoms with E-state index in [0.717, 1.165) is 40.3 Å². The number of ether oxygens (including phenoxy) is 34. The van der Waals surface area contributed by atoms with Crippen LogP contribution in [0.1, 0.15) is 151 Å². The van der Waals surface area contributed by atoms with Crippen LogP contribution in [0.15, 0.2) is 48.5 Å². The Balaban J connectivity index is 0.773. The van der Waals surface area contributed by atoms with Crippen LogP contribution in [0.5, 0.6) is 0 Å². The van der Waals surface area contributed by atoms with Gasteiger partial charge in [0.2, 0.25) is 0 Å². The van der Waals surface area contributed by atoms with E-state index in [1.54, 1.807) is 24.3 Å². The predicted molar refractivity (Wildman–Crippen MR) is 515 cm³/mol. The molecule has 23 heterocycles. The highest BCUT2D eigenvalue weighted by molar-refractivity contribution is 6.41. The summed E-state index contributed by atoms with van der Waals surface area (Å²) in [7, 11) is 29.6. The summed E-state index contributed by atoms with van der Waals surface area (Å²) in [5.74, 6) is -2.05. The Bertz CT molecular complexity index is 4730. The quantitative estimate of drug-likeness (QED) is 0.0152. The molecule has 0 aromatic heterocycles. The molecule has 5 aromatic rings. The fraction of sp³-hybridized carbons (Fsp3) is 0.769. The molecule has 4 amide bonds. The first-order valence-electron chi connectivity index (χ1n) is 50.7. The molecular weight excluding hydrogens is 1890 g/mol. The van der Waals surface area contributed by atoms with E-state index in [1.165, 1.54) is 224 Å². The first-order chi connectivity index (χ1) is 70.2. The summed E-state index contributed by atoms with van der Waals surface area (Å²) in [6.07, 6.45) is -21.8. The summed E-state index contributed by atoms with van der Waals surface area (Å²) in [6.45, 7) is 1.30. The molecule has 5 aromatic carbocycles. The number of rotatable bonds is 45. The zero-order valence-electron chi connectivity index (χ0n) is 87.2. The van der Waals surface area contributed by atoms with Crippen molar-refractivity contribution in [3.8, 4) is 0 Å². The summed E-state index contributed by atoms with van der Waals surface area (Å²) in [6, 6.07) is 14.5. The van der Waals surface area contributed by atoms with Crippen molar-refractivity contribution in [3.63, 3.8) is 0 Å². The molecule has 21 fully saturated rings. The molecule has 23 aliphatic rings. The highest BCUT2D eigenvalue weighted by Crippen LogP contribution is 2.50. The van der Waals surface area contributed by atoms with Gasteiger partial charge >= 0.3 is 0 Å². The van der Waals surface area contributed by atoms with Gasteiger partial charge in [0.05, 0.1) is 46.2 Å². The Morgan fingerprint density at radius 2 is 0.389 bits per heavy atom. The molecule has 14 bridgehead atoms. The topological polar surface area (TPSA) is 389 Å². The van der Waals surface area contributed by atoms with Crippen molar-refractivity contribution in [2.45, 2.75) is 325 Å². The molecule has 40 heteroatoms. The van der Waals surface area contributed by atoms with Gasteiger partial charge in [-0.25, -0.2) is 0 Å². The van der Waals surface area contributed by atoms with Crippen molar-refractivity contribution < 1.29 is 180 Å². The lowest BCUT2D eigenvalue weighted by atomic mass is 9.82. The molecule has 21 saturated heterocycles. The van der Waals surface area contributed by atoms with Crippen LogP contribution in [0.25, 0.3) is 43.1 Å². The van der Waals surface area contributed by atoms with Crippen molar-refractivity contribution in [1.82, 2.24) is 9.80 Å². The monoisotopic (exact) mass is 2040 g/mol. The molecule has 0 radical (unpaired) electrons. The maximum atomic E-state index is 16.2. The molecule has 0 spiro atoms. The number of benzene rings is 5. The van der Waals surface area contributed by atoms with Gasteiger partial charge in [-0.15, -0.1) is 0 Å². The van der Waals surface area contributed by atoms with Crippen LogP contribution in [0.4, 0.5) is 0 Å². The molecule has 0 N–H and O–H groups in total. The van der Waals surface area contributed by atoms with Crippen molar-refractivity contribution in [3.05, 3.63) is 70.8 Å². The van der Waals surface area contributed by atoms with Crippen LogP contribution in [0.2, 0.25) is 0 Å². The van der Waals surface area contributed by atoms with E-state index in [4.69, 9.17) is 161 Å². The lowest BCUT2D eigenvalue weighted by Crippen LogP contribution is -2.70. The minimum absolute atomic E-state index is 0.0821. The molecule has 40 nitrogen and oxygen atoms in total. The van der Waals surface area contributed by atoms with Gasteiger partial charge in [-0.05, 0) is 63.0 Å². The summed E-state index contributed by atoms with van der Waals surface area (Å²) < 4.78 is 226. The molecule has 808 valence electrons.